The molecule has 1 aliphatic rings. The summed E-state index contributed by atoms with van der Waals surface area (Å²) in [5.74, 6) is 0. The molecule has 0 aliphatic carbocycles. The Balaban J connectivity index is 1.49. The zero-order valence-corrected chi connectivity index (χ0v) is 14.4. The topological polar surface area (TPSA) is 24.3 Å². The van der Waals surface area contributed by atoms with Gasteiger partial charge in [-0.2, -0.15) is 5.10 Å². The summed E-state index contributed by atoms with van der Waals surface area (Å²) >= 11 is 0. The fourth-order valence-electron chi connectivity index (χ4n) is 3.50. The Morgan fingerprint density at radius 1 is 1.22 bits per heavy atom. The normalized spacial score (nSPS) is 19.3. The van der Waals surface area contributed by atoms with Crippen LogP contribution in [-0.2, 0) is 20.0 Å². The smallest absolute Gasteiger partial charge is 0.0534 e. The first-order valence-corrected chi connectivity index (χ1v) is 8.65. The molecule has 0 N–H and O–H groups in total. The number of aryl methyl sites for hydroxylation is 1. The highest BCUT2D eigenvalue weighted by molar-refractivity contribution is 5.14. The molecule has 4 heteroatoms. The van der Waals surface area contributed by atoms with Gasteiger partial charge in [-0.15, -0.1) is 0 Å². The van der Waals surface area contributed by atoms with E-state index in [-0.39, 0.29) is 0 Å². The molecular formula is C19H28N4. The lowest BCUT2D eigenvalue weighted by atomic mass is 10.0. The van der Waals surface area contributed by atoms with E-state index in [9.17, 15) is 0 Å². The van der Waals surface area contributed by atoms with Crippen LogP contribution in [0.25, 0.3) is 0 Å². The summed E-state index contributed by atoms with van der Waals surface area (Å²) in [5, 5.41) is 4.27. The molecule has 124 valence electrons. The minimum atomic E-state index is 0.653. The third kappa shape index (κ3) is 4.66. The van der Waals surface area contributed by atoms with Gasteiger partial charge in [-0.1, -0.05) is 30.3 Å². The van der Waals surface area contributed by atoms with Gasteiger partial charge < -0.3 is 4.90 Å². The fraction of sp³-hybridized carbons (Fsp3) is 0.526. The van der Waals surface area contributed by atoms with Crippen molar-refractivity contribution in [1.29, 1.82) is 0 Å². The van der Waals surface area contributed by atoms with E-state index in [1.807, 2.05) is 17.9 Å². The number of aromatic nitrogens is 2. The Labute approximate surface area is 139 Å². The highest BCUT2D eigenvalue weighted by Gasteiger charge is 2.23. The lowest BCUT2D eigenvalue weighted by molar-refractivity contribution is 0.112. The molecular weight excluding hydrogens is 284 g/mol. The first-order valence-electron chi connectivity index (χ1n) is 8.65. The van der Waals surface area contributed by atoms with Crippen molar-refractivity contribution in [2.45, 2.75) is 31.8 Å². The van der Waals surface area contributed by atoms with Gasteiger partial charge in [-0.3, -0.25) is 9.58 Å². The average molecular weight is 312 g/mol. The summed E-state index contributed by atoms with van der Waals surface area (Å²) < 4.78 is 1.89. The molecule has 2 heterocycles. The zero-order valence-electron chi connectivity index (χ0n) is 14.4. The van der Waals surface area contributed by atoms with E-state index in [4.69, 9.17) is 0 Å². The molecule has 1 atom stereocenters. The van der Waals surface area contributed by atoms with E-state index < -0.39 is 0 Å². The highest BCUT2D eigenvalue weighted by Crippen LogP contribution is 2.17. The molecule has 1 saturated heterocycles. The first kappa shape index (κ1) is 16.2. The van der Waals surface area contributed by atoms with E-state index in [1.165, 1.54) is 43.6 Å². The quantitative estimate of drug-likeness (QED) is 0.819. The SMILES string of the molecule is CN(Cc1cnn(C)c1)[C@@H]1CCCN(CCc2ccccc2)C1. The van der Waals surface area contributed by atoms with Gasteiger partial charge in [0.1, 0.15) is 0 Å². The second kappa shape index (κ2) is 7.75. The highest BCUT2D eigenvalue weighted by atomic mass is 15.3. The molecule has 23 heavy (non-hydrogen) atoms. The maximum absolute atomic E-state index is 4.27. The second-order valence-electron chi connectivity index (χ2n) is 6.77. The largest absolute Gasteiger partial charge is 0.301 e. The standard InChI is InChI=1S/C19H28N4/c1-21(14-18-13-20-22(2)15-18)19-9-6-11-23(16-19)12-10-17-7-4-3-5-8-17/h3-5,7-8,13,15,19H,6,9-12,14,16H2,1-2H3/t19-/m1/s1. The van der Waals surface area contributed by atoms with Gasteiger partial charge >= 0.3 is 0 Å². The van der Waals surface area contributed by atoms with Crippen molar-refractivity contribution in [3.05, 3.63) is 53.9 Å². The van der Waals surface area contributed by atoms with E-state index in [0.717, 1.165) is 13.0 Å². The van der Waals surface area contributed by atoms with Crippen LogP contribution in [0.3, 0.4) is 0 Å². The number of hydrogen-bond acceptors (Lipinski definition) is 3. The Hall–Kier alpha value is -1.65. The monoisotopic (exact) mass is 312 g/mol. The molecule has 0 radical (unpaired) electrons. The summed E-state index contributed by atoms with van der Waals surface area (Å²) in [6.45, 7) is 4.58. The van der Waals surface area contributed by atoms with Crippen LogP contribution in [0.2, 0.25) is 0 Å². The molecule has 1 fully saturated rings. The number of hydrogen-bond donors (Lipinski definition) is 0. The van der Waals surface area contributed by atoms with E-state index >= 15 is 0 Å². The first-order chi connectivity index (χ1) is 11.2. The van der Waals surface area contributed by atoms with Gasteiger partial charge in [0.2, 0.25) is 0 Å². The van der Waals surface area contributed by atoms with Crippen molar-refractivity contribution < 1.29 is 0 Å². The lowest BCUT2D eigenvalue weighted by Crippen LogP contribution is -2.46. The van der Waals surface area contributed by atoms with Crippen LogP contribution in [0, 0.1) is 0 Å². The van der Waals surface area contributed by atoms with Crippen molar-refractivity contribution >= 4 is 0 Å². The fourth-order valence-corrected chi connectivity index (χ4v) is 3.50. The number of piperidine rings is 1. The van der Waals surface area contributed by atoms with Gasteiger partial charge in [0, 0.05) is 44.5 Å². The van der Waals surface area contributed by atoms with Crippen molar-refractivity contribution in [2.75, 3.05) is 26.7 Å². The maximum Gasteiger partial charge on any atom is 0.0534 e. The number of benzene rings is 1. The van der Waals surface area contributed by atoms with E-state index in [0.29, 0.717) is 6.04 Å². The lowest BCUT2D eigenvalue weighted by Gasteiger charge is -2.37. The maximum atomic E-state index is 4.27. The summed E-state index contributed by atoms with van der Waals surface area (Å²) in [6.07, 6.45) is 7.86. The van der Waals surface area contributed by atoms with Gasteiger partial charge in [0.15, 0.2) is 0 Å². The molecule has 0 unspecified atom stereocenters. The third-order valence-electron chi connectivity index (χ3n) is 4.85. The Morgan fingerprint density at radius 2 is 2.04 bits per heavy atom. The minimum Gasteiger partial charge on any atom is -0.301 e. The molecule has 0 saturated carbocycles. The molecule has 1 aromatic heterocycles. The molecule has 4 nitrogen and oxygen atoms in total. The Morgan fingerprint density at radius 3 is 2.78 bits per heavy atom. The molecule has 0 amide bonds. The molecule has 0 bridgehead atoms. The van der Waals surface area contributed by atoms with E-state index in [2.05, 4.69) is 58.5 Å². The van der Waals surface area contributed by atoms with Crippen molar-refractivity contribution in [3.63, 3.8) is 0 Å². The van der Waals surface area contributed by atoms with E-state index in [1.54, 1.807) is 0 Å². The number of likely N-dealkylation sites (N-methyl/N-ethyl adjacent to an activating group) is 1. The number of nitrogens with zero attached hydrogens (tertiary/aromatic N) is 4. The summed E-state index contributed by atoms with van der Waals surface area (Å²) in [6, 6.07) is 11.5. The Bertz CT molecular complexity index is 592. The van der Waals surface area contributed by atoms with Crippen molar-refractivity contribution in [1.82, 2.24) is 19.6 Å². The van der Waals surface area contributed by atoms with Gasteiger partial charge in [-0.05, 0) is 38.4 Å². The van der Waals surface area contributed by atoms with Crippen LogP contribution >= 0.6 is 0 Å². The Kier molecular flexibility index (Phi) is 5.47. The zero-order chi connectivity index (χ0) is 16.1. The summed E-state index contributed by atoms with van der Waals surface area (Å²) in [5.41, 5.74) is 2.75. The predicted octanol–water partition coefficient (Wildman–Crippen LogP) is 2.56. The van der Waals surface area contributed by atoms with Crippen LogP contribution in [0.5, 0.6) is 0 Å². The van der Waals surface area contributed by atoms with Crippen LogP contribution in [0.15, 0.2) is 42.7 Å². The van der Waals surface area contributed by atoms with Crippen molar-refractivity contribution in [3.8, 4) is 0 Å². The van der Waals surface area contributed by atoms with Gasteiger partial charge in [0.25, 0.3) is 0 Å². The number of likely N-dealkylation sites (tertiary alicyclic amines) is 1. The van der Waals surface area contributed by atoms with Crippen molar-refractivity contribution in [2.24, 2.45) is 7.05 Å². The molecule has 3 rings (SSSR count). The molecule has 1 aliphatic heterocycles. The van der Waals surface area contributed by atoms with Gasteiger partial charge in [0.05, 0.1) is 6.20 Å². The van der Waals surface area contributed by atoms with Gasteiger partial charge in [-0.25, -0.2) is 0 Å². The molecule has 1 aromatic carbocycles. The average Bonchev–Trinajstić information content (AvgIpc) is 2.99. The summed E-state index contributed by atoms with van der Waals surface area (Å²) in [7, 11) is 4.23. The molecule has 0 spiro atoms. The number of rotatable bonds is 6. The minimum absolute atomic E-state index is 0.653. The third-order valence-corrected chi connectivity index (χ3v) is 4.85. The molecule has 2 aromatic rings. The van der Waals surface area contributed by atoms with Crippen LogP contribution in [0.4, 0.5) is 0 Å². The van der Waals surface area contributed by atoms with Crippen LogP contribution in [-0.4, -0.2) is 52.3 Å². The second-order valence-corrected chi connectivity index (χ2v) is 6.77. The van der Waals surface area contributed by atoms with Crippen LogP contribution < -0.4 is 0 Å². The summed E-state index contributed by atoms with van der Waals surface area (Å²) in [4.78, 5) is 5.12. The van der Waals surface area contributed by atoms with Crippen LogP contribution in [0.1, 0.15) is 24.0 Å². The predicted molar refractivity (Wildman–Crippen MR) is 94.3 cm³/mol.